The van der Waals surface area contributed by atoms with Crippen LogP contribution in [0, 0.1) is 0 Å². The second-order valence-corrected chi connectivity index (χ2v) is 5.75. The quantitative estimate of drug-likeness (QED) is 0.634. The van der Waals surface area contributed by atoms with Crippen molar-refractivity contribution in [2.75, 3.05) is 26.0 Å². The Morgan fingerprint density at radius 3 is 2.50 bits per heavy atom. The summed E-state index contributed by atoms with van der Waals surface area (Å²) in [5.74, 6) is 0.827. The molecule has 1 rings (SSSR count). The van der Waals surface area contributed by atoms with E-state index in [0.29, 0.717) is 6.04 Å². The molecule has 1 N–H and O–H groups in total. The molecule has 124 valence electrons. The largest absolute Gasteiger partial charge is 0.497 e. The van der Waals surface area contributed by atoms with E-state index in [2.05, 4.69) is 31.1 Å². The minimum atomic E-state index is 0.642. The number of hydrogen-bond donors (Lipinski definition) is 1. The number of nitrogens with one attached hydrogen (secondary N) is 1. The Labute approximate surface area is 134 Å². The second kappa shape index (κ2) is 10.2. The Morgan fingerprint density at radius 1 is 1.27 bits per heavy atom. The summed E-state index contributed by atoms with van der Waals surface area (Å²) < 4.78 is 5.29. The average molecular weight is 306 g/mol. The van der Waals surface area contributed by atoms with Crippen LogP contribution in [0.1, 0.15) is 45.1 Å². The van der Waals surface area contributed by atoms with Gasteiger partial charge in [-0.05, 0) is 50.1 Å². The first-order valence-electron chi connectivity index (χ1n) is 8.23. The lowest BCUT2D eigenvalue weighted by Crippen LogP contribution is -2.33. The van der Waals surface area contributed by atoms with E-state index in [9.17, 15) is 4.79 Å². The molecule has 0 fully saturated rings. The molecule has 0 saturated heterocycles. The van der Waals surface area contributed by atoms with E-state index >= 15 is 0 Å². The van der Waals surface area contributed by atoms with Crippen molar-refractivity contribution in [2.45, 2.75) is 52.0 Å². The van der Waals surface area contributed by atoms with Gasteiger partial charge in [-0.1, -0.05) is 26.7 Å². The second-order valence-electron chi connectivity index (χ2n) is 5.75. The Kier molecular flexibility index (Phi) is 8.60. The van der Waals surface area contributed by atoms with Crippen molar-refractivity contribution in [2.24, 2.45) is 0 Å². The highest BCUT2D eigenvalue weighted by Gasteiger charge is 2.13. The summed E-state index contributed by atoms with van der Waals surface area (Å²) in [4.78, 5) is 13.2. The summed E-state index contributed by atoms with van der Waals surface area (Å²) in [5, 5.41) is 2.78. The van der Waals surface area contributed by atoms with Crippen LogP contribution in [0.3, 0.4) is 0 Å². The molecule has 22 heavy (non-hydrogen) atoms. The molecule has 0 spiro atoms. The minimum absolute atomic E-state index is 0.642. The van der Waals surface area contributed by atoms with Crippen LogP contribution < -0.4 is 10.1 Å². The molecule has 1 aromatic rings. The van der Waals surface area contributed by atoms with Crippen molar-refractivity contribution < 1.29 is 9.53 Å². The predicted molar refractivity (Wildman–Crippen MR) is 92.6 cm³/mol. The first-order chi connectivity index (χ1) is 10.7. The molecule has 0 aliphatic carbocycles. The van der Waals surface area contributed by atoms with Crippen molar-refractivity contribution in [3.63, 3.8) is 0 Å². The minimum Gasteiger partial charge on any atom is -0.497 e. The van der Waals surface area contributed by atoms with Crippen molar-refractivity contribution in [1.82, 2.24) is 4.90 Å². The third-order valence-corrected chi connectivity index (χ3v) is 4.13. The van der Waals surface area contributed by atoms with E-state index in [1.54, 1.807) is 7.11 Å². The molecule has 0 aliphatic heterocycles. The lowest BCUT2D eigenvalue weighted by atomic mass is 10.0. The zero-order valence-corrected chi connectivity index (χ0v) is 14.4. The number of carbonyl (C=O) groups is 1. The summed E-state index contributed by atoms with van der Waals surface area (Å²) in [6.07, 6.45) is 6.53. The molecule has 0 heterocycles. The van der Waals surface area contributed by atoms with E-state index in [1.165, 1.54) is 25.7 Å². The molecule has 4 heteroatoms. The highest BCUT2D eigenvalue weighted by atomic mass is 16.5. The van der Waals surface area contributed by atoms with Gasteiger partial charge in [-0.15, -0.1) is 0 Å². The Morgan fingerprint density at radius 2 is 1.95 bits per heavy atom. The average Bonchev–Trinajstić information content (AvgIpc) is 2.53. The van der Waals surface area contributed by atoms with Gasteiger partial charge in [-0.2, -0.15) is 0 Å². The number of anilines is 1. The van der Waals surface area contributed by atoms with Gasteiger partial charge in [0.25, 0.3) is 0 Å². The number of likely N-dealkylation sites (N-methyl/N-ethyl adjacent to an activating group) is 1. The number of nitrogens with zero attached hydrogens (tertiary/aromatic N) is 1. The smallest absolute Gasteiger partial charge is 0.211 e. The van der Waals surface area contributed by atoms with Gasteiger partial charge in [0.1, 0.15) is 5.75 Å². The fourth-order valence-corrected chi connectivity index (χ4v) is 2.84. The van der Waals surface area contributed by atoms with Crippen LogP contribution in [-0.4, -0.2) is 38.1 Å². The molecule has 0 unspecified atom stereocenters. The SMILES string of the molecule is CCCC(CCC)N(C)CCc1cc(OC)ccc1NC=O. The molecule has 0 saturated carbocycles. The summed E-state index contributed by atoms with van der Waals surface area (Å²) in [5.41, 5.74) is 1.98. The van der Waals surface area contributed by atoms with Gasteiger partial charge in [-0.25, -0.2) is 0 Å². The number of rotatable bonds is 11. The zero-order valence-electron chi connectivity index (χ0n) is 14.4. The Bertz CT molecular complexity index is 443. The van der Waals surface area contributed by atoms with E-state index in [0.717, 1.165) is 36.4 Å². The Hall–Kier alpha value is -1.55. The molecule has 0 aliphatic rings. The zero-order chi connectivity index (χ0) is 16.4. The molecular formula is C18H30N2O2. The highest BCUT2D eigenvalue weighted by Crippen LogP contribution is 2.23. The van der Waals surface area contributed by atoms with Crippen molar-refractivity contribution in [3.8, 4) is 5.75 Å². The number of amides is 1. The first-order valence-corrected chi connectivity index (χ1v) is 8.23. The van der Waals surface area contributed by atoms with Gasteiger partial charge in [0, 0.05) is 18.3 Å². The van der Waals surface area contributed by atoms with E-state index in [-0.39, 0.29) is 0 Å². The van der Waals surface area contributed by atoms with Crippen LogP contribution in [0.15, 0.2) is 18.2 Å². The molecule has 0 bridgehead atoms. The standard InChI is InChI=1S/C18H30N2O2/c1-5-7-16(8-6-2)20(3)12-11-15-13-17(22-4)9-10-18(15)19-14-21/h9-10,13-14,16H,5-8,11-12H2,1-4H3,(H,19,21). The molecular weight excluding hydrogens is 276 g/mol. The van der Waals surface area contributed by atoms with Crippen LogP contribution in [0.4, 0.5) is 5.69 Å². The van der Waals surface area contributed by atoms with Crippen molar-refractivity contribution in [3.05, 3.63) is 23.8 Å². The molecule has 0 radical (unpaired) electrons. The molecule has 0 aromatic heterocycles. The normalized spacial score (nSPS) is 11.0. The Balaban J connectivity index is 2.73. The van der Waals surface area contributed by atoms with Gasteiger partial charge >= 0.3 is 0 Å². The molecule has 1 aromatic carbocycles. The third-order valence-electron chi connectivity index (χ3n) is 4.13. The predicted octanol–water partition coefficient (Wildman–Crippen LogP) is 3.71. The number of methoxy groups -OCH3 is 1. The number of carbonyl (C=O) groups excluding carboxylic acids is 1. The summed E-state index contributed by atoms with van der Waals surface area (Å²) in [7, 11) is 3.86. The van der Waals surface area contributed by atoms with E-state index < -0.39 is 0 Å². The summed E-state index contributed by atoms with van der Waals surface area (Å²) in [6, 6.07) is 6.42. The maximum atomic E-state index is 10.7. The summed E-state index contributed by atoms with van der Waals surface area (Å²) >= 11 is 0. The maximum absolute atomic E-state index is 10.7. The molecule has 0 atom stereocenters. The van der Waals surface area contributed by atoms with E-state index in [4.69, 9.17) is 4.74 Å². The number of hydrogen-bond acceptors (Lipinski definition) is 3. The molecule has 1 amide bonds. The third kappa shape index (κ3) is 5.68. The van der Waals surface area contributed by atoms with Gasteiger partial charge < -0.3 is 15.0 Å². The first kappa shape index (κ1) is 18.5. The highest BCUT2D eigenvalue weighted by molar-refractivity contribution is 5.73. The fraction of sp³-hybridized carbons (Fsp3) is 0.611. The van der Waals surface area contributed by atoms with Crippen LogP contribution in [0.5, 0.6) is 5.75 Å². The van der Waals surface area contributed by atoms with Crippen LogP contribution in [0.25, 0.3) is 0 Å². The van der Waals surface area contributed by atoms with Crippen LogP contribution in [-0.2, 0) is 11.2 Å². The topological polar surface area (TPSA) is 41.6 Å². The van der Waals surface area contributed by atoms with Gasteiger partial charge in [0.05, 0.1) is 7.11 Å². The van der Waals surface area contributed by atoms with Crippen molar-refractivity contribution in [1.29, 1.82) is 0 Å². The number of benzene rings is 1. The monoisotopic (exact) mass is 306 g/mol. The van der Waals surface area contributed by atoms with Gasteiger partial charge in [0.15, 0.2) is 0 Å². The van der Waals surface area contributed by atoms with Crippen LogP contribution >= 0.6 is 0 Å². The van der Waals surface area contributed by atoms with Gasteiger partial charge in [0.2, 0.25) is 6.41 Å². The maximum Gasteiger partial charge on any atom is 0.211 e. The summed E-state index contributed by atoms with van der Waals surface area (Å²) in [6.45, 7) is 5.46. The fourth-order valence-electron chi connectivity index (χ4n) is 2.84. The number of ether oxygens (including phenoxy) is 1. The van der Waals surface area contributed by atoms with Crippen LogP contribution in [0.2, 0.25) is 0 Å². The lowest BCUT2D eigenvalue weighted by Gasteiger charge is -2.28. The van der Waals surface area contributed by atoms with E-state index in [1.807, 2.05) is 18.2 Å². The van der Waals surface area contributed by atoms with Crippen molar-refractivity contribution >= 4 is 12.1 Å². The lowest BCUT2D eigenvalue weighted by molar-refractivity contribution is -0.105. The van der Waals surface area contributed by atoms with Gasteiger partial charge in [-0.3, -0.25) is 4.79 Å². The molecule has 4 nitrogen and oxygen atoms in total.